The van der Waals surface area contributed by atoms with E-state index in [9.17, 15) is 4.79 Å². The molecule has 0 radical (unpaired) electrons. The summed E-state index contributed by atoms with van der Waals surface area (Å²) in [5, 5.41) is 3.10. The average molecular weight is 242 g/mol. The number of nitrogens with two attached hydrogens (primary N) is 1. The van der Waals surface area contributed by atoms with Crippen molar-refractivity contribution in [2.45, 2.75) is 70.6 Å². The van der Waals surface area contributed by atoms with Crippen LogP contribution in [-0.2, 0) is 9.53 Å². The van der Waals surface area contributed by atoms with Gasteiger partial charge in [0.05, 0.1) is 23.8 Å². The van der Waals surface area contributed by atoms with E-state index < -0.39 is 5.54 Å². The van der Waals surface area contributed by atoms with Crippen LogP contribution in [-0.4, -0.2) is 29.7 Å². The standard InChI is InChI=1S/C13H26N2O2/c1-5-12(6-2,9-17-10(3)4)15-11(16)13(14)7-8-13/h10H,5-9,14H2,1-4H3,(H,15,16). The first-order chi connectivity index (χ1) is 7.87. The van der Waals surface area contributed by atoms with Gasteiger partial charge in [0.1, 0.15) is 0 Å². The van der Waals surface area contributed by atoms with E-state index in [1.165, 1.54) is 0 Å². The normalized spacial score (nSPS) is 18.2. The first-order valence-corrected chi connectivity index (χ1v) is 6.60. The number of carbonyl (C=O) groups excluding carboxylic acids is 1. The van der Waals surface area contributed by atoms with Gasteiger partial charge < -0.3 is 15.8 Å². The molecule has 0 unspecified atom stereocenters. The number of amides is 1. The largest absolute Gasteiger partial charge is 0.376 e. The summed E-state index contributed by atoms with van der Waals surface area (Å²) in [4.78, 5) is 12.0. The molecule has 0 spiro atoms. The quantitative estimate of drug-likeness (QED) is 0.712. The number of rotatable bonds is 7. The third-order valence-corrected chi connectivity index (χ3v) is 3.67. The third-order valence-electron chi connectivity index (χ3n) is 3.67. The highest BCUT2D eigenvalue weighted by atomic mass is 16.5. The predicted octanol–water partition coefficient (Wildman–Crippen LogP) is 1.58. The lowest BCUT2D eigenvalue weighted by Crippen LogP contribution is -2.56. The first-order valence-electron chi connectivity index (χ1n) is 6.60. The fraction of sp³-hybridized carbons (Fsp3) is 0.923. The molecule has 1 aliphatic carbocycles. The summed E-state index contributed by atoms with van der Waals surface area (Å²) in [5.74, 6) is -0.0199. The molecule has 0 aromatic heterocycles. The molecule has 0 aromatic carbocycles. The van der Waals surface area contributed by atoms with E-state index in [4.69, 9.17) is 10.5 Å². The zero-order valence-electron chi connectivity index (χ0n) is 11.5. The molecule has 3 N–H and O–H groups in total. The molecule has 17 heavy (non-hydrogen) atoms. The number of ether oxygens (including phenoxy) is 1. The van der Waals surface area contributed by atoms with Crippen molar-refractivity contribution in [3.8, 4) is 0 Å². The van der Waals surface area contributed by atoms with Crippen LogP contribution < -0.4 is 11.1 Å². The molecule has 1 fully saturated rings. The van der Waals surface area contributed by atoms with Crippen LogP contribution in [0.5, 0.6) is 0 Å². The van der Waals surface area contributed by atoms with Crippen molar-refractivity contribution >= 4 is 5.91 Å². The fourth-order valence-corrected chi connectivity index (χ4v) is 1.72. The highest BCUT2D eigenvalue weighted by Gasteiger charge is 2.48. The van der Waals surface area contributed by atoms with E-state index in [1.54, 1.807) is 0 Å². The number of hydrogen-bond donors (Lipinski definition) is 2. The predicted molar refractivity (Wildman–Crippen MR) is 68.7 cm³/mol. The van der Waals surface area contributed by atoms with Crippen LogP contribution in [0.25, 0.3) is 0 Å². The molecule has 100 valence electrons. The van der Waals surface area contributed by atoms with Crippen LogP contribution in [0.1, 0.15) is 53.4 Å². The van der Waals surface area contributed by atoms with Crippen molar-refractivity contribution in [3.63, 3.8) is 0 Å². The first kappa shape index (κ1) is 14.5. The molecule has 0 saturated heterocycles. The summed E-state index contributed by atoms with van der Waals surface area (Å²) in [6, 6.07) is 0. The summed E-state index contributed by atoms with van der Waals surface area (Å²) < 4.78 is 5.67. The van der Waals surface area contributed by atoms with E-state index >= 15 is 0 Å². The van der Waals surface area contributed by atoms with Crippen LogP contribution in [0.15, 0.2) is 0 Å². The second-order valence-corrected chi connectivity index (χ2v) is 5.46. The van der Waals surface area contributed by atoms with E-state index in [0.717, 1.165) is 25.7 Å². The summed E-state index contributed by atoms with van der Waals surface area (Å²) >= 11 is 0. The molecule has 1 aliphatic rings. The second-order valence-electron chi connectivity index (χ2n) is 5.46. The molecular weight excluding hydrogens is 216 g/mol. The van der Waals surface area contributed by atoms with Gasteiger partial charge in [-0.3, -0.25) is 4.79 Å². The highest BCUT2D eigenvalue weighted by Crippen LogP contribution is 2.33. The minimum absolute atomic E-state index is 0.0199. The fourth-order valence-electron chi connectivity index (χ4n) is 1.72. The Morgan fingerprint density at radius 2 is 1.94 bits per heavy atom. The molecule has 0 bridgehead atoms. The summed E-state index contributed by atoms with van der Waals surface area (Å²) in [6.07, 6.45) is 3.49. The van der Waals surface area contributed by atoms with Gasteiger partial charge in [0.15, 0.2) is 0 Å². The highest BCUT2D eigenvalue weighted by molar-refractivity contribution is 5.89. The minimum atomic E-state index is -0.604. The number of carbonyl (C=O) groups is 1. The lowest BCUT2D eigenvalue weighted by Gasteiger charge is -2.34. The Labute approximate surface area is 104 Å². The monoisotopic (exact) mass is 242 g/mol. The Kier molecular flexibility index (Phi) is 4.55. The van der Waals surface area contributed by atoms with Crippen molar-refractivity contribution in [1.82, 2.24) is 5.32 Å². The van der Waals surface area contributed by atoms with Crippen LogP contribution in [0.4, 0.5) is 0 Å². The lowest BCUT2D eigenvalue weighted by atomic mass is 9.93. The molecule has 0 heterocycles. The maximum atomic E-state index is 12.0. The van der Waals surface area contributed by atoms with Crippen molar-refractivity contribution in [1.29, 1.82) is 0 Å². The lowest BCUT2D eigenvalue weighted by molar-refractivity contribution is -0.126. The van der Waals surface area contributed by atoms with Crippen molar-refractivity contribution in [2.75, 3.05) is 6.61 Å². The van der Waals surface area contributed by atoms with Gasteiger partial charge in [-0.05, 0) is 39.5 Å². The molecule has 0 aromatic rings. The van der Waals surface area contributed by atoms with Crippen molar-refractivity contribution in [3.05, 3.63) is 0 Å². The maximum absolute atomic E-state index is 12.0. The van der Waals surface area contributed by atoms with Crippen LogP contribution in [0.2, 0.25) is 0 Å². The molecule has 4 nitrogen and oxygen atoms in total. The zero-order chi connectivity index (χ0) is 13.1. The molecule has 1 rings (SSSR count). The molecule has 1 saturated carbocycles. The maximum Gasteiger partial charge on any atom is 0.240 e. The second kappa shape index (κ2) is 5.36. The number of hydrogen-bond acceptors (Lipinski definition) is 3. The average Bonchev–Trinajstić information content (AvgIpc) is 3.04. The van der Waals surface area contributed by atoms with Gasteiger partial charge in [-0.2, -0.15) is 0 Å². The van der Waals surface area contributed by atoms with E-state index in [-0.39, 0.29) is 17.6 Å². The molecule has 0 atom stereocenters. The molecule has 4 heteroatoms. The van der Waals surface area contributed by atoms with E-state index in [0.29, 0.717) is 6.61 Å². The van der Waals surface area contributed by atoms with Crippen molar-refractivity contribution in [2.24, 2.45) is 5.73 Å². The Bertz CT molecular complexity index is 269. The summed E-state index contributed by atoms with van der Waals surface area (Å²) in [5.41, 5.74) is 5.04. The summed E-state index contributed by atoms with van der Waals surface area (Å²) in [7, 11) is 0. The summed E-state index contributed by atoms with van der Waals surface area (Å²) in [6.45, 7) is 8.71. The van der Waals surface area contributed by atoms with Crippen molar-refractivity contribution < 1.29 is 9.53 Å². The van der Waals surface area contributed by atoms with Gasteiger partial charge in [0.25, 0.3) is 0 Å². The van der Waals surface area contributed by atoms with Gasteiger partial charge in [-0.15, -0.1) is 0 Å². The van der Waals surface area contributed by atoms with E-state index in [1.807, 2.05) is 13.8 Å². The number of nitrogens with one attached hydrogen (secondary N) is 1. The van der Waals surface area contributed by atoms with Gasteiger partial charge in [0.2, 0.25) is 5.91 Å². The Morgan fingerprint density at radius 3 is 2.29 bits per heavy atom. The topological polar surface area (TPSA) is 64.3 Å². The Balaban J connectivity index is 2.60. The van der Waals surface area contributed by atoms with Crippen LogP contribution in [0.3, 0.4) is 0 Å². The van der Waals surface area contributed by atoms with Gasteiger partial charge in [-0.1, -0.05) is 13.8 Å². The Morgan fingerprint density at radius 1 is 1.41 bits per heavy atom. The smallest absolute Gasteiger partial charge is 0.240 e. The molecular formula is C13H26N2O2. The van der Waals surface area contributed by atoms with Gasteiger partial charge in [-0.25, -0.2) is 0 Å². The van der Waals surface area contributed by atoms with Crippen LogP contribution >= 0.6 is 0 Å². The van der Waals surface area contributed by atoms with Crippen LogP contribution in [0, 0.1) is 0 Å². The van der Waals surface area contributed by atoms with Gasteiger partial charge >= 0.3 is 0 Å². The molecule has 1 amide bonds. The molecule has 0 aliphatic heterocycles. The van der Waals surface area contributed by atoms with E-state index in [2.05, 4.69) is 19.2 Å². The SMILES string of the molecule is CCC(CC)(COC(C)C)NC(=O)C1(N)CC1. The Hall–Kier alpha value is -0.610. The third kappa shape index (κ3) is 3.68. The zero-order valence-corrected chi connectivity index (χ0v) is 11.5. The van der Waals surface area contributed by atoms with Gasteiger partial charge in [0, 0.05) is 0 Å². The minimum Gasteiger partial charge on any atom is -0.376 e.